The number of benzene rings is 7. The Balaban J connectivity index is 0.000000275. The molecule has 3 N–H and O–H groups in total. The van der Waals surface area contributed by atoms with E-state index in [1.165, 1.54) is 156 Å². The molecular weight excluding hydrogens is 2110 g/mol. The number of allylic oxidation sites excluding steroid dienone is 6. The minimum absolute atomic E-state index is 0. The summed E-state index contributed by atoms with van der Waals surface area (Å²) >= 11 is 0. The van der Waals surface area contributed by atoms with Crippen LogP contribution in [0.15, 0.2) is 212 Å². The summed E-state index contributed by atoms with van der Waals surface area (Å²) in [6.45, 7) is 44.1. The van der Waals surface area contributed by atoms with Gasteiger partial charge >= 0.3 is 0 Å². The molecule has 12 nitrogen and oxygen atoms in total. The molecule has 0 bridgehead atoms. The van der Waals surface area contributed by atoms with Crippen molar-refractivity contribution in [2.45, 2.75) is 304 Å². The van der Waals surface area contributed by atoms with Crippen molar-refractivity contribution in [3.05, 3.63) is 258 Å². The van der Waals surface area contributed by atoms with E-state index in [0.717, 1.165) is 55.2 Å². The average molecular weight is 2250 g/mol. The number of ether oxygens (including phenoxy) is 3. The first-order chi connectivity index (χ1) is 58.8. The topological polar surface area (TPSA) is 178 Å². The van der Waals surface area contributed by atoms with Crippen molar-refractivity contribution in [3.63, 3.8) is 0 Å². The zero-order chi connectivity index (χ0) is 90.7. The van der Waals surface area contributed by atoms with E-state index < -0.39 is 0 Å². The quantitative estimate of drug-likeness (QED) is 0.0252. The van der Waals surface area contributed by atoms with Crippen molar-refractivity contribution in [2.75, 3.05) is 0 Å². The number of fused-ring (bicyclic) bond motifs is 3. The van der Waals surface area contributed by atoms with E-state index in [4.69, 9.17) is 19.2 Å². The van der Waals surface area contributed by atoms with Gasteiger partial charge < -0.3 is 29.5 Å². The van der Waals surface area contributed by atoms with Crippen molar-refractivity contribution in [3.8, 4) is 46.1 Å². The summed E-state index contributed by atoms with van der Waals surface area (Å²) in [5, 5.41) is 36.8. The van der Waals surface area contributed by atoms with Gasteiger partial charge in [-0.25, -0.2) is 15.0 Å². The summed E-state index contributed by atoms with van der Waals surface area (Å²) in [4.78, 5) is 49.4. The van der Waals surface area contributed by atoms with Crippen molar-refractivity contribution in [2.24, 2.45) is 32.5 Å². The Hall–Kier alpha value is -8.25. The second-order valence-corrected chi connectivity index (χ2v) is 38.5. The van der Waals surface area contributed by atoms with Crippen LogP contribution in [0.2, 0.25) is 0 Å². The van der Waals surface area contributed by atoms with Crippen molar-refractivity contribution < 1.29 is 104 Å². The van der Waals surface area contributed by atoms with Crippen LogP contribution in [0.3, 0.4) is 0 Å². The number of hydrogen-bond donors (Lipinski definition) is 3. The van der Waals surface area contributed by atoms with Crippen LogP contribution in [-0.2, 0) is 74.7 Å². The first kappa shape index (κ1) is 109. The fourth-order valence-corrected chi connectivity index (χ4v) is 14.9. The largest absolute Gasteiger partial charge is 0.512 e. The normalized spacial score (nSPS) is 14.3. The van der Waals surface area contributed by atoms with Crippen LogP contribution in [-0.4, -0.2) is 47.6 Å². The van der Waals surface area contributed by atoms with Gasteiger partial charge in [-0.2, -0.15) is 54.6 Å². The van der Waals surface area contributed by atoms with Crippen LogP contribution < -0.4 is 14.2 Å². The van der Waals surface area contributed by atoms with Gasteiger partial charge in [0.25, 0.3) is 0 Å². The van der Waals surface area contributed by atoms with E-state index in [0.29, 0.717) is 64.5 Å². The van der Waals surface area contributed by atoms with Crippen LogP contribution >= 0.6 is 0 Å². The van der Waals surface area contributed by atoms with Crippen LogP contribution in [0, 0.1) is 50.7 Å². The number of rotatable bonds is 27. The number of aliphatic hydroxyl groups excluding tert-OH is 3. The monoisotopic (exact) mass is 2250 g/mol. The van der Waals surface area contributed by atoms with Gasteiger partial charge in [-0.15, -0.1) is 36.4 Å². The molecule has 691 valence electrons. The number of hydrogen-bond acceptors (Lipinski definition) is 12. The summed E-state index contributed by atoms with van der Waals surface area (Å²) in [6.07, 6.45) is 30.1. The first-order valence-corrected chi connectivity index (χ1v) is 46.0. The Morgan fingerprint density at radius 3 is 1.19 bits per heavy atom. The Bertz CT molecular complexity index is 5060. The SMILES string of the molecule is CC(C)c1cc2cnc(Oc3[c-]cccc3)cc2cc1C1CCCC1.CC(C)c1ccc2cnc(Oc3[c-]cccc3)cc2c1C1CCCCC1.CCC(C)(C)C(=O)C=C(O)C(C)(C)CC.CCC(C)(C)C(=O)C=C(O)C(C)(C)CC.CCC(C)(C)C(=O)C=C(O)C(C)(C)CC.[Ir].[Ir].[Ir].[c-]1ccccc1Oc1cc2cc(C3CCCC3)ccc2c(-c2ccccc2)n1. The van der Waals surface area contributed by atoms with E-state index in [-0.39, 0.29) is 127 Å². The molecule has 127 heavy (non-hydrogen) atoms. The molecule has 0 spiro atoms. The molecule has 3 saturated carbocycles. The fourth-order valence-electron chi connectivity index (χ4n) is 14.9. The number of pyridine rings is 3. The summed E-state index contributed by atoms with van der Waals surface area (Å²) in [7, 11) is 0. The smallest absolute Gasteiger partial charge is 0.217 e. The molecule has 3 aliphatic rings. The van der Waals surface area contributed by atoms with Gasteiger partial charge in [0.05, 0.1) is 5.69 Å². The summed E-state index contributed by atoms with van der Waals surface area (Å²) in [6, 6.07) is 64.9. The van der Waals surface area contributed by atoms with Gasteiger partial charge in [0.2, 0.25) is 17.6 Å². The number of para-hydroxylation sites is 3. The van der Waals surface area contributed by atoms with Crippen LogP contribution in [0.25, 0.3) is 43.6 Å². The Labute approximate surface area is 802 Å². The summed E-state index contributed by atoms with van der Waals surface area (Å²) in [5.74, 6) is 7.67. The minimum atomic E-state index is -0.377. The van der Waals surface area contributed by atoms with Crippen molar-refractivity contribution in [1.82, 2.24) is 15.0 Å². The molecule has 3 aliphatic carbocycles. The molecule has 10 aromatic rings. The minimum Gasteiger partial charge on any atom is -0.512 e. The van der Waals surface area contributed by atoms with Crippen molar-refractivity contribution in [1.29, 1.82) is 0 Å². The molecular formula is C112H144Ir3N3O9-3. The van der Waals surface area contributed by atoms with E-state index in [9.17, 15) is 29.7 Å². The molecule has 15 heteroatoms. The van der Waals surface area contributed by atoms with Crippen LogP contribution in [0.1, 0.15) is 332 Å². The summed E-state index contributed by atoms with van der Waals surface area (Å²) in [5.41, 5.74) is 7.47. The van der Waals surface area contributed by atoms with Gasteiger partial charge in [0, 0.05) is 181 Å². The number of ketones is 3. The maximum absolute atomic E-state index is 11.8. The maximum Gasteiger partial charge on any atom is 0.217 e. The zero-order valence-corrected chi connectivity index (χ0v) is 87.1. The molecule has 7 aromatic carbocycles. The molecule has 0 aliphatic heterocycles. The number of carbonyl (C=O) groups excluding carboxylic acids is 3. The molecule has 0 saturated heterocycles. The van der Waals surface area contributed by atoms with E-state index >= 15 is 0 Å². The molecule has 3 aromatic heterocycles. The number of aromatic nitrogens is 3. The molecule has 3 heterocycles. The third-order valence-electron chi connectivity index (χ3n) is 26.5. The van der Waals surface area contributed by atoms with Crippen LogP contribution in [0.5, 0.6) is 34.9 Å². The Morgan fingerprint density at radius 2 is 0.772 bits per heavy atom. The standard InChI is InChI=1S/C26H22NO.C24H26NO.C23H24NO.3C13H24O2.3Ir/c1-3-11-20(12-4-1)26-24-16-15-21(19-9-7-8-10-19)17-22(24)18-25(27-26)28-23-13-5-2-6-14-23;1-17(2)21-14-13-19-16-25-23(26-20-11-7-4-8-12-20)15-22(19)24(21)18-9-5-3-6-10-18;1-16(2)21-13-19-15-24-23(25-20-10-4-3-5-11-20)14-18(19)12-22(21)17-8-6-7-9-17;3*1-7-12(3,4)10(14)9-11(15)13(5,6)8-2;;;/h1-6,11-13,15-19H,7-10H2;4,7-8,11,13-18H,3,5-6,9-10H2,1-2H3;3-5,10,12-17H,6-9H2,1-2H3;3*9,14H,7-8H2,1-6H3;;;/q3*-1;;;;;;. The fraction of sp³-hybridized carbons (Fsp3) is 0.464. The number of aliphatic hydroxyl groups is 3. The molecule has 13 rings (SSSR count). The van der Waals surface area contributed by atoms with Gasteiger partial charge in [-0.05, 0) is 157 Å². The third-order valence-corrected chi connectivity index (χ3v) is 26.5. The zero-order valence-electron chi connectivity index (χ0n) is 79.9. The first-order valence-electron chi connectivity index (χ1n) is 46.0. The molecule has 0 amide bonds. The molecule has 0 atom stereocenters. The number of nitrogens with zero attached hydrogens (tertiary/aromatic N) is 3. The second kappa shape index (κ2) is 50.8. The van der Waals surface area contributed by atoms with Crippen molar-refractivity contribution >= 4 is 49.7 Å². The van der Waals surface area contributed by atoms with Gasteiger partial charge in [0.1, 0.15) is 17.3 Å². The van der Waals surface area contributed by atoms with Gasteiger partial charge in [0.15, 0.2) is 17.3 Å². The van der Waals surface area contributed by atoms with Gasteiger partial charge in [-0.3, -0.25) is 14.4 Å². The maximum atomic E-state index is 11.8. The second-order valence-electron chi connectivity index (χ2n) is 38.5. The van der Waals surface area contributed by atoms with E-state index in [1.807, 2.05) is 228 Å². The number of carbonyl (C=O) groups is 3. The predicted octanol–water partition coefficient (Wildman–Crippen LogP) is 32.4. The summed E-state index contributed by atoms with van der Waals surface area (Å²) < 4.78 is 17.9. The Kier molecular flexibility index (Phi) is 43.7. The molecule has 0 unspecified atom stereocenters. The average Bonchev–Trinajstić information content (AvgIpc) is 1.84. The molecule has 3 radical (unpaired) electrons. The third kappa shape index (κ3) is 31.5. The van der Waals surface area contributed by atoms with Crippen LogP contribution in [0.4, 0.5) is 0 Å². The van der Waals surface area contributed by atoms with E-state index in [2.05, 4.69) is 129 Å². The Morgan fingerprint density at radius 1 is 0.386 bits per heavy atom. The predicted molar refractivity (Wildman–Crippen MR) is 515 cm³/mol. The molecule has 3 fully saturated rings. The van der Waals surface area contributed by atoms with E-state index in [1.54, 1.807) is 0 Å². The van der Waals surface area contributed by atoms with Gasteiger partial charge in [-0.1, -0.05) is 264 Å².